The molecule has 4 aliphatic rings. The zero-order valence-electron chi connectivity index (χ0n) is 19.2. The molecule has 1 aromatic rings. The first-order valence-corrected chi connectivity index (χ1v) is 12.4. The number of alkyl halides is 2. The number of carbonyl (C=O) groups excluding carboxylic acids is 3. The lowest BCUT2D eigenvalue weighted by atomic mass is 9.88. The SMILES string of the molecule is O=C1CCC(N2Cc3cc(O[C@@H]4CCCC[C@@H]4NC4CCC(F)(F)CC4)ccc3C2=O)C(=O)N1. The third-order valence-electron chi connectivity index (χ3n) is 7.65. The number of nitrogens with zero attached hydrogens (tertiary/aromatic N) is 1. The van der Waals surface area contributed by atoms with Gasteiger partial charge in [-0.2, -0.15) is 0 Å². The average molecular weight is 476 g/mol. The lowest BCUT2D eigenvalue weighted by molar-refractivity contribution is -0.136. The molecule has 34 heavy (non-hydrogen) atoms. The summed E-state index contributed by atoms with van der Waals surface area (Å²) < 4.78 is 33.4. The molecule has 2 N–H and O–H groups in total. The first-order valence-electron chi connectivity index (χ1n) is 12.4. The van der Waals surface area contributed by atoms with Crippen LogP contribution in [0.2, 0.25) is 0 Å². The predicted molar refractivity (Wildman–Crippen MR) is 119 cm³/mol. The molecule has 2 aliphatic heterocycles. The maximum atomic E-state index is 13.5. The van der Waals surface area contributed by atoms with Crippen LogP contribution in [0.1, 0.15) is 80.1 Å². The van der Waals surface area contributed by atoms with Crippen molar-refractivity contribution < 1.29 is 27.9 Å². The van der Waals surface area contributed by atoms with E-state index in [1.807, 2.05) is 6.07 Å². The lowest BCUT2D eigenvalue weighted by Gasteiger charge is -2.37. The number of carbonyl (C=O) groups is 3. The zero-order chi connectivity index (χ0) is 23.9. The van der Waals surface area contributed by atoms with Crippen LogP contribution in [0.25, 0.3) is 0 Å². The van der Waals surface area contributed by atoms with Crippen molar-refractivity contribution in [1.82, 2.24) is 15.5 Å². The van der Waals surface area contributed by atoms with Gasteiger partial charge in [0.05, 0.1) is 0 Å². The highest BCUT2D eigenvalue weighted by Gasteiger charge is 2.40. The molecule has 7 nitrogen and oxygen atoms in total. The minimum atomic E-state index is -2.54. The number of hydrogen-bond donors (Lipinski definition) is 2. The Morgan fingerprint density at radius 2 is 1.79 bits per heavy atom. The van der Waals surface area contributed by atoms with E-state index in [1.165, 1.54) is 4.90 Å². The molecule has 5 rings (SSSR count). The Kier molecular flexibility index (Phi) is 6.31. The van der Waals surface area contributed by atoms with Crippen LogP contribution in [-0.4, -0.2) is 52.8 Å². The van der Waals surface area contributed by atoms with Gasteiger partial charge < -0.3 is 15.0 Å². The molecular weight excluding hydrogens is 444 g/mol. The molecule has 184 valence electrons. The van der Waals surface area contributed by atoms with Gasteiger partial charge in [-0.15, -0.1) is 0 Å². The minimum Gasteiger partial charge on any atom is -0.489 e. The Morgan fingerprint density at radius 3 is 2.56 bits per heavy atom. The third-order valence-corrected chi connectivity index (χ3v) is 7.65. The molecule has 0 bridgehead atoms. The summed E-state index contributed by atoms with van der Waals surface area (Å²) in [6, 6.07) is 4.96. The highest BCUT2D eigenvalue weighted by molar-refractivity contribution is 6.05. The summed E-state index contributed by atoms with van der Waals surface area (Å²) in [7, 11) is 0. The van der Waals surface area contributed by atoms with E-state index < -0.39 is 17.9 Å². The summed E-state index contributed by atoms with van der Waals surface area (Å²) in [4.78, 5) is 38.1. The van der Waals surface area contributed by atoms with E-state index in [9.17, 15) is 23.2 Å². The quantitative estimate of drug-likeness (QED) is 0.638. The molecule has 0 aromatic heterocycles. The smallest absolute Gasteiger partial charge is 0.255 e. The second kappa shape index (κ2) is 9.24. The van der Waals surface area contributed by atoms with E-state index in [0.29, 0.717) is 37.1 Å². The van der Waals surface area contributed by atoms with E-state index in [2.05, 4.69) is 10.6 Å². The molecule has 0 radical (unpaired) electrons. The number of benzene rings is 1. The molecule has 2 heterocycles. The van der Waals surface area contributed by atoms with Crippen molar-refractivity contribution in [3.05, 3.63) is 29.3 Å². The van der Waals surface area contributed by atoms with Crippen LogP contribution < -0.4 is 15.4 Å². The van der Waals surface area contributed by atoms with Gasteiger partial charge in [0, 0.05) is 43.5 Å². The number of nitrogens with one attached hydrogen (secondary N) is 2. The Hall–Kier alpha value is -2.55. The first kappa shape index (κ1) is 23.2. The maximum absolute atomic E-state index is 13.5. The van der Waals surface area contributed by atoms with Crippen molar-refractivity contribution in [2.24, 2.45) is 0 Å². The number of hydrogen-bond acceptors (Lipinski definition) is 5. The van der Waals surface area contributed by atoms with Gasteiger partial charge in [0.25, 0.3) is 5.91 Å². The number of piperidine rings is 1. The Labute approximate surface area is 197 Å². The fourth-order valence-electron chi connectivity index (χ4n) is 5.74. The number of imide groups is 1. The van der Waals surface area contributed by atoms with Crippen molar-refractivity contribution in [1.29, 1.82) is 0 Å². The molecule has 3 amide bonds. The zero-order valence-corrected chi connectivity index (χ0v) is 19.2. The molecule has 1 saturated heterocycles. The highest BCUT2D eigenvalue weighted by atomic mass is 19.3. The molecular formula is C25H31F2N3O4. The highest BCUT2D eigenvalue weighted by Crippen LogP contribution is 2.35. The van der Waals surface area contributed by atoms with Gasteiger partial charge in [0.1, 0.15) is 17.9 Å². The van der Waals surface area contributed by atoms with Crippen LogP contribution in [0.15, 0.2) is 18.2 Å². The van der Waals surface area contributed by atoms with Gasteiger partial charge in [-0.25, -0.2) is 8.78 Å². The molecule has 1 aromatic carbocycles. The topological polar surface area (TPSA) is 87.7 Å². The van der Waals surface area contributed by atoms with Crippen LogP contribution >= 0.6 is 0 Å². The van der Waals surface area contributed by atoms with Crippen molar-refractivity contribution in [2.75, 3.05) is 0 Å². The molecule has 2 saturated carbocycles. The molecule has 9 heteroatoms. The molecule has 0 spiro atoms. The van der Waals surface area contributed by atoms with E-state index in [1.54, 1.807) is 12.1 Å². The van der Waals surface area contributed by atoms with Gasteiger partial charge in [-0.05, 0) is 62.3 Å². The van der Waals surface area contributed by atoms with Crippen molar-refractivity contribution in [3.8, 4) is 5.75 Å². The maximum Gasteiger partial charge on any atom is 0.255 e. The van der Waals surface area contributed by atoms with E-state index in [-0.39, 0.29) is 49.3 Å². The lowest BCUT2D eigenvalue weighted by Crippen LogP contribution is -2.52. The molecule has 1 unspecified atom stereocenters. The fourth-order valence-corrected chi connectivity index (χ4v) is 5.74. The van der Waals surface area contributed by atoms with Crippen LogP contribution in [-0.2, 0) is 16.1 Å². The van der Waals surface area contributed by atoms with Gasteiger partial charge in [-0.1, -0.05) is 6.42 Å². The molecule has 2 aliphatic carbocycles. The Balaban J connectivity index is 1.24. The second-order valence-corrected chi connectivity index (χ2v) is 10.1. The number of halogens is 2. The summed E-state index contributed by atoms with van der Waals surface area (Å²) >= 11 is 0. The molecule has 3 fully saturated rings. The summed E-state index contributed by atoms with van der Waals surface area (Å²) in [6.45, 7) is 0.306. The van der Waals surface area contributed by atoms with Crippen LogP contribution in [0.5, 0.6) is 5.75 Å². The monoisotopic (exact) mass is 475 g/mol. The minimum absolute atomic E-state index is 0.0578. The number of amides is 3. The average Bonchev–Trinajstić information content (AvgIpc) is 3.12. The number of ether oxygens (including phenoxy) is 1. The van der Waals surface area contributed by atoms with E-state index in [4.69, 9.17) is 4.74 Å². The Bertz CT molecular complexity index is 975. The van der Waals surface area contributed by atoms with Crippen molar-refractivity contribution in [3.63, 3.8) is 0 Å². The van der Waals surface area contributed by atoms with E-state index >= 15 is 0 Å². The Morgan fingerprint density at radius 1 is 1.03 bits per heavy atom. The second-order valence-electron chi connectivity index (χ2n) is 10.1. The van der Waals surface area contributed by atoms with Crippen molar-refractivity contribution in [2.45, 2.75) is 101 Å². The van der Waals surface area contributed by atoms with Gasteiger partial charge in [0.2, 0.25) is 17.7 Å². The van der Waals surface area contributed by atoms with Gasteiger partial charge >= 0.3 is 0 Å². The van der Waals surface area contributed by atoms with E-state index in [0.717, 1.165) is 31.2 Å². The largest absolute Gasteiger partial charge is 0.489 e. The molecule has 3 atom stereocenters. The van der Waals surface area contributed by atoms with Crippen molar-refractivity contribution >= 4 is 17.7 Å². The first-order chi connectivity index (χ1) is 16.3. The predicted octanol–water partition coefficient (Wildman–Crippen LogP) is 3.31. The number of fused-ring (bicyclic) bond motifs is 1. The summed E-state index contributed by atoms with van der Waals surface area (Å²) in [5.41, 5.74) is 1.36. The van der Waals surface area contributed by atoms with Gasteiger partial charge in [0.15, 0.2) is 0 Å². The number of rotatable bonds is 5. The summed E-state index contributed by atoms with van der Waals surface area (Å²) in [5, 5.41) is 5.91. The van der Waals surface area contributed by atoms with Crippen LogP contribution in [0.3, 0.4) is 0 Å². The fraction of sp³-hybridized carbons (Fsp3) is 0.640. The van der Waals surface area contributed by atoms with Gasteiger partial charge in [-0.3, -0.25) is 19.7 Å². The van der Waals surface area contributed by atoms with Crippen LogP contribution in [0.4, 0.5) is 8.78 Å². The standard InChI is InChI=1S/C25H31F2N3O4/c26-25(27)11-9-16(10-12-25)28-19-3-1-2-4-21(19)34-17-5-6-18-15(13-17)14-30(24(18)33)20-7-8-22(31)29-23(20)32/h5-6,13,16,19-21,28H,1-4,7-12,14H2,(H,29,31,32)/t19-,20?,21+/m0/s1. The summed E-state index contributed by atoms with van der Waals surface area (Å²) in [5.74, 6) is -2.80. The normalized spacial score (nSPS) is 29.6. The summed E-state index contributed by atoms with van der Waals surface area (Å²) in [6.07, 6.45) is 5.30. The van der Waals surface area contributed by atoms with Crippen LogP contribution in [0, 0.1) is 0 Å². The third kappa shape index (κ3) is 4.80.